The highest BCUT2D eigenvalue weighted by Crippen LogP contribution is 2.33. The zero-order chi connectivity index (χ0) is 14.1. The van der Waals surface area contributed by atoms with Gasteiger partial charge in [0.25, 0.3) is 5.91 Å². The highest BCUT2D eigenvalue weighted by molar-refractivity contribution is 6.10. The molecule has 1 aromatic heterocycles. The Morgan fingerprint density at radius 3 is 2.60 bits per heavy atom. The SMILES string of the molecule is O=C(O)[C@@H]1Cc2ccccc2N1C(=O)c1cncnc1. The number of carboxylic acids is 1. The van der Waals surface area contributed by atoms with Gasteiger partial charge in [0.15, 0.2) is 0 Å². The van der Waals surface area contributed by atoms with E-state index in [9.17, 15) is 14.7 Å². The molecule has 0 saturated heterocycles. The summed E-state index contributed by atoms with van der Waals surface area (Å²) >= 11 is 0. The van der Waals surface area contributed by atoms with Crippen LogP contribution in [0.3, 0.4) is 0 Å². The van der Waals surface area contributed by atoms with Crippen LogP contribution in [0.4, 0.5) is 5.69 Å². The van der Waals surface area contributed by atoms with Crippen LogP contribution in [0.15, 0.2) is 43.0 Å². The molecule has 2 heterocycles. The van der Waals surface area contributed by atoms with Crippen molar-refractivity contribution in [1.82, 2.24) is 9.97 Å². The molecule has 6 nitrogen and oxygen atoms in total. The number of nitrogens with zero attached hydrogens (tertiary/aromatic N) is 3. The quantitative estimate of drug-likeness (QED) is 0.883. The van der Waals surface area contributed by atoms with E-state index in [1.54, 1.807) is 12.1 Å². The summed E-state index contributed by atoms with van der Waals surface area (Å²) in [4.78, 5) is 32.8. The molecule has 1 aliphatic heterocycles. The lowest BCUT2D eigenvalue weighted by Gasteiger charge is -2.22. The Labute approximate surface area is 114 Å². The topological polar surface area (TPSA) is 83.4 Å². The van der Waals surface area contributed by atoms with E-state index in [1.165, 1.54) is 23.6 Å². The van der Waals surface area contributed by atoms with Crippen molar-refractivity contribution in [3.63, 3.8) is 0 Å². The standard InChI is InChI=1S/C14H11N3O3/c18-13(10-6-15-8-16-7-10)17-11-4-2-1-3-9(11)5-12(17)14(19)20/h1-4,6-8,12H,5H2,(H,19,20)/t12-/m0/s1. The third-order valence-corrected chi connectivity index (χ3v) is 3.29. The first kappa shape index (κ1) is 12.3. The van der Waals surface area contributed by atoms with E-state index in [1.807, 2.05) is 12.1 Å². The maximum atomic E-state index is 12.5. The van der Waals surface area contributed by atoms with Crippen molar-refractivity contribution in [3.05, 3.63) is 54.1 Å². The van der Waals surface area contributed by atoms with Crippen molar-refractivity contribution >= 4 is 17.6 Å². The van der Waals surface area contributed by atoms with Crippen molar-refractivity contribution < 1.29 is 14.7 Å². The van der Waals surface area contributed by atoms with E-state index in [-0.39, 0.29) is 5.56 Å². The fourth-order valence-corrected chi connectivity index (χ4v) is 2.38. The number of aliphatic carboxylic acids is 1. The first-order valence-electron chi connectivity index (χ1n) is 6.08. The summed E-state index contributed by atoms with van der Waals surface area (Å²) < 4.78 is 0. The van der Waals surface area contributed by atoms with Crippen LogP contribution in [0, 0.1) is 0 Å². The number of anilines is 1. The lowest BCUT2D eigenvalue weighted by molar-refractivity contribution is -0.138. The molecule has 0 radical (unpaired) electrons. The lowest BCUT2D eigenvalue weighted by Crippen LogP contribution is -2.42. The van der Waals surface area contributed by atoms with Crippen LogP contribution in [0.5, 0.6) is 0 Å². The smallest absolute Gasteiger partial charge is 0.327 e. The summed E-state index contributed by atoms with van der Waals surface area (Å²) in [6, 6.07) is 6.31. The van der Waals surface area contributed by atoms with Gasteiger partial charge in [-0.2, -0.15) is 0 Å². The second-order valence-electron chi connectivity index (χ2n) is 4.49. The van der Waals surface area contributed by atoms with Crippen molar-refractivity contribution in [2.24, 2.45) is 0 Å². The van der Waals surface area contributed by atoms with Gasteiger partial charge in [-0.15, -0.1) is 0 Å². The molecule has 1 amide bonds. The predicted octanol–water partition coefficient (Wildman–Crippen LogP) is 1.13. The first-order chi connectivity index (χ1) is 9.68. The molecule has 1 N–H and O–H groups in total. The molecule has 1 atom stereocenters. The maximum Gasteiger partial charge on any atom is 0.327 e. The minimum atomic E-state index is -1.02. The van der Waals surface area contributed by atoms with Crippen LogP contribution in [0.1, 0.15) is 15.9 Å². The Bertz CT molecular complexity index is 672. The van der Waals surface area contributed by atoms with Gasteiger partial charge in [-0.3, -0.25) is 9.69 Å². The summed E-state index contributed by atoms with van der Waals surface area (Å²) in [5, 5.41) is 9.33. The molecule has 1 aliphatic rings. The fourth-order valence-electron chi connectivity index (χ4n) is 2.38. The van der Waals surface area contributed by atoms with Gasteiger partial charge in [-0.1, -0.05) is 18.2 Å². The Morgan fingerprint density at radius 2 is 1.90 bits per heavy atom. The zero-order valence-corrected chi connectivity index (χ0v) is 10.4. The van der Waals surface area contributed by atoms with Crippen LogP contribution >= 0.6 is 0 Å². The lowest BCUT2D eigenvalue weighted by atomic mass is 10.1. The number of carboxylic acid groups (broad SMARTS) is 1. The van der Waals surface area contributed by atoms with Crippen LogP contribution in [0.2, 0.25) is 0 Å². The van der Waals surface area contributed by atoms with Crippen LogP contribution in [0.25, 0.3) is 0 Å². The number of rotatable bonds is 2. The summed E-state index contributed by atoms with van der Waals surface area (Å²) in [7, 11) is 0. The molecule has 6 heteroatoms. The number of carbonyl (C=O) groups is 2. The number of amides is 1. The van der Waals surface area contributed by atoms with Crippen molar-refractivity contribution in [3.8, 4) is 0 Å². The van der Waals surface area contributed by atoms with Gasteiger partial charge in [0.2, 0.25) is 0 Å². The Kier molecular flexibility index (Phi) is 2.90. The van der Waals surface area contributed by atoms with Gasteiger partial charge in [0.1, 0.15) is 12.4 Å². The molecule has 0 fully saturated rings. The minimum Gasteiger partial charge on any atom is -0.480 e. The molecule has 1 aromatic carbocycles. The Morgan fingerprint density at radius 1 is 1.20 bits per heavy atom. The number of para-hydroxylation sites is 1. The van der Waals surface area contributed by atoms with Crippen molar-refractivity contribution in [1.29, 1.82) is 0 Å². The highest BCUT2D eigenvalue weighted by atomic mass is 16.4. The third-order valence-electron chi connectivity index (χ3n) is 3.29. The average molecular weight is 269 g/mol. The second kappa shape index (κ2) is 4.73. The average Bonchev–Trinajstić information content (AvgIpc) is 2.87. The van der Waals surface area contributed by atoms with Gasteiger partial charge in [0.05, 0.1) is 5.56 Å². The van der Waals surface area contributed by atoms with E-state index in [4.69, 9.17) is 0 Å². The van der Waals surface area contributed by atoms with Crippen LogP contribution in [-0.2, 0) is 11.2 Å². The molecular weight excluding hydrogens is 258 g/mol. The maximum absolute atomic E-state index is 12.5. The second-order valence-corrected chi connectivity index (χ2v) is 4.49. The van der Waals surface area contributed by atoms with E-state index in [0.717, 1.165) is 5.56 Å². The van der Waals surface area contributed by atoms with E-state index >= 15 is 0 Å². The molecule has 0 spiro atoms. The third kappa shape index (κ3) is 1.91. The largest absolute Gasteiger partial charge is 0.480 e. The monoisotopic (exact) mass is 269 g/mol. The molecule has 0 saturated carbocycles. The molecule has 100 valence electrons. The molecule has 0 unspecified atom stereocenters. The summed E-state index contributed by atoms with van der Waals surface area (Å²) in [6.45, 7) is 0. The minimum absolute atomic E-state index is 0.274. The summed E-state index contributed by atoms with van der Waals surface area (Å²) in [5.41, 5.74) is 1.76. The Balaban J connectivity index is 2.05. The van der Waals surface area contributed by atoms with E-state index in [0.29, 0.717) is 12.1 Å². The number of hydrogen-bond acceptors (Lipinski definition) is 4. The van der Waals surface area contributed by atoms with Gasteiger partial charge in [-0.05, 0) is 11.6 Å². The number of benzene rings is 1. The van der Waals surface area contributed by atoms with Crippen molar-refractivity contribution in [2.75, 3.05) is 4.90 Å². The van der Waals surface area contributed by atoms with E-state index < -0.39 is 17.9 Å². The molecule has 3 rings (SSSR count). The Hall–Kier alpha value is -2.76. The van der Waals surface area contributed by atoms with Gasteiger partial charge in [-0.25, -0.2) is 14.8 Å². The first-order valence-corrected chi connectivity index (χ1v) is 6.08. The zero-order valence-electron chi connectivity index (χ0n) is 10.4. The fraction of sp³-hybridized carbons (Fsp3) is 0.143. The number of hydrogen-bond donors (Lipinski definition) is 1. The molecule has 20 heavy (non-hydrogen) atoms. The number of aromatic nitrogens is 2. The molecule has 2 aromatic rings. The summed E-state index contributed by atoms with van der Waals surface area (Å²) in [5.74, 6) is -1.42. The van der Waals surface area contributed by atoms with Crippen LogP contribution < -0.4 is 4.90 Å². The van der Waals surface area contributed by atoms with Gasteiger partial charge < -0.3 is 5.11 Å². The number of fused-ring (bicyclic) bond motifs is 1. The van der Waals surface area contributed by atoms with Crippen molar-refractivity contribution in [2.45, 2.75) is 12.5 Å². The van der Waals surface area contributed by atoms with Gasteiger partial charge in [0, 0.05) is 24.5 Å². The highest BCUT2D eigenvalue weighted by Gasteiger charge is 2.38. The summed E-state index contributed by atoms with van der Waals surface area (Å²) in [6.07, 6.45) is 4.40. The van der Waals surface area contributed by atoms with E-state index in [2.05, 4.69) is 9.97 Å². The normalized spacial score (nSPS) is 16.8. The molecule has 0 aliphatic carbocycles. The van der Waals surface area contributed by atoms with Gasteiger partial charge >= 0.3 is 5.97 Å². The molecule has 0 bridgehead atoms. The predicted molar refractivity (Wildman–Crippen MR) is 70.4 cm³/mol. The van der Waals surface area contributed by atoms with Crippen LogP contribution in [-0.4, -0.2) is 33.0 Å². The number of carbonyl (C=O) groups excluding carboxylic acids is 1. The molecular formula is C14H11N3O3.